The van der Waals surface area contributed by atoms with Gasteiger partial charge in [-0.3, -0.25) is 9.10 Å². The zero-order valence-electron chi connectivity index (χ0n) is 18.9. The van der Waals surface area contributed by atoms with Crippen molar-refractivity contribution in [3.63, 3.8) is 0 Å². The van der Waals surface area contributed by atoms with Crippen LogP contribution < -0.4 is 9.73 Å². The van der Waals surface area contributed by atoms with Crippen molar-refractivity contribution in [3.8, 4) is 5.69 Å². The highest BCUT2D eigenvalue weighted by Gasteiger charge is 2.22. The number of anilines is 1. The SMILES string of the molecule is Cc1cc(Cl)ccc1N(CC(=O)N/N=C\c1cc(C)n(-c2ccc(Cl)c(Cl)c2)c1C)S(C)(=O)=O. The molecule has 1 aromatic heterocycles. The second kappa shape index (κ2) is 10.4. The Morgan fingerprint density at radius 2 is 1.76 bits per heavy atom. The Labute approximate surface area is 214 Å². The number of carbonyl (C=O) groups is 1. The van der Waals surface area contributed by atoms with E-state index in [1.54, 1.807) is 37.3 Å². The van der Waals surface area contributed by atoms with Crippen molar-refractivity contribution in [2.24, 2.45) is 5.10 Å². The number of nitrogens with zero attached hydrogens (tertiary/aromatic N) is 3. The van der Waals surface area contributed by atoms with E-state index in [-0.39, 0.29) is 0 Å². The maximum atomic E-state index is 12.5. The van der Waals surface area contributed by atoms with Crippen molar-refractivity contribution in [1.82, 2.24) is 9.99 Å². The largest absolute Gasteiger partial charge is 0.318 e. The number of amides is 1. The van der Waals surface area contributed by atoms with Crippen molar-refractivity contribution < 1.29 is 13.2 Å². The molecule has 0 spiro atoms. The van der Waals surface area contributed by atoms with E-state index in [1.165, 1.54) is 6.21 Å². The molecule has 0 unspecified atom stereocenters. The molecule has 0 bridgehead atoms. The highest BCUT2D eigenvalue weighted by molar-refractivity contribution is 7.92. The second-order valence-electron chi connectivity index (χ2n) is 7.75. The zero-order chi connectivity index (χ0) is 25.2. The van der Waals surface area contributed by atoms with E-state index >= 15 is 0 Å². The van der Waals surface area contributed by atoms with Gasteiger partial charge >= 0.3 is 0 Å². The first-order valence-corrected chi connectivity index (χ1v) is 13.1. The second-order valence-corrected chi connectivity index (χ2v) is 10.9. The van der Waals surface area contributed by atoms with Crippen LogP contribution in [0, 0.1) is 20.8 Å². The summed E-state index contributed by atoms with van der Waals surface area (Å²) < 4.78 is 27.6. The van der Waals surface area contributed by atoms with Gasteiger partial charge in [0.05, 0.1) is 28.2 Å². The lowest BCUT2D eigenvalue weighted by Crippen LogP contribution is -2.39. The monoisotopic (exact) mass is 540 g/mol. The Kier molecular flexibility index (Phi) is 7.98. The standard InChI is InChI=1S/C23H23Cl3N4O3S/c1-14-9-18(24)5-8-22(14)29(34(4,32)33)13-23(31)28-27-12-17-10-15(2)30(16(17)3)19-6-7-20(25)21(26)11-19/h5-12H,13H2,1-4H3,(H,28,31)/b27-12-. The van der Waals surface area contributed by atoms with E-state index in [0.717, 1.165) is 33.2 Å². The van der Waals surface area contributed by atoms with E-state index in [0.29, 0.717) is 26.3 Å². The summed E-state index contributed by atoms with van der Waals surface area (Å²) in [5.74, 6) is -0.589. The van der Waals surface area contributed by atoms with Crippen LogP contribution >= 0.6 is 34.8 Å². The zero-order valence-corrected chi connectivity index (χ0v) is 22.0. The first-order valence-electron chi connectivity index (χ1n) is 10.1. The van der Waals surface area contributed by atoms with Crippen molar-refractivity contribution in [2.75, 3.05) is 17.1 Å². The molecule has 0 radical (unpaired) electrons. The maximum Gasteiger partial charge on any atom is 0.260 e. The van der Waals surface area contributed by atoms with Crippen molar-refractivity contribution >= 4 is 62.6 Å². The number of sulfonamides is 1. The lowest BCUT2D eigenvalue weighted by Gasteiger charge is -2.23. The van der Waals surface area contributed by atoms with E-state index < -0.39 is 22.5 Å². The Balaban J connectivity index is 1.77. The molecule has 1 N–H and O–H groups in total. The summed E-state index contributed by atoms with van der Waals surface area (Å²) >= 11 is 18.1. The summed E-state index contributed by atoms with van der Waals surface area (Å²) in [4.78, 5) is 12.5. The summed E-state index contributed by atoms with van der Waals surface area (Å²) in [5.41, 5.74) is 6.83. The first-order chi connectivity index (χ1) is 15.9. The topological polar surface area (TPSA) is 83.8 Å². The number of aryl methyl sites for hydroxylation is 2. The molecular weight excluding hydrogens is 519 g/mol. The third kappa shape index (κ3) is 5.93. The minimum Gasteiger partial charge on any atom is -0.318 e. The fourth-order valence-electron chi connectivity index (χ4n) is 3.56. The van der Waals surface area contributed by atoms with Gasteiger partial charge in [0.25, 0.3) is 5.91 Å². The van der Waals surface area contributed by atoms with Gasteiger partial charge in [-0.2, -0.15) is 5.10 Å². The minimum atomic E-state index is -3.72. The summed E-state index contributed by atoms with van der Waals surface area (Å²) in [6.45, 7) is 5.14. The van der Waals surface area contributed by atoms with Crippen molar-refractivity contribution in [2.45, 2.75) is 20.8 Å². The fraction of sp³-hybridized carbons (Fsp3) is 0.217. The molecule has 0 saturated carbocycles. The molecule has 0 fully saturated rings. The third-order valence-electron chi connectivity index (χ3n) is 5.14. The van der Waals surface area contributed by atoms with E-state index in [2.05, 4.69) is 10.5 Å². The van der Waals surface area contributed by atoms with Gasteiger partial charge in [0.15, 0.2) is 0 Å². The number of halogens is 3. The molecule has 0 aliphatic rings. The molecule has 180 valence electrons. The van der Waals surface area contributed by atoms with Gasteiger partial charge in [-0.15, -0.1) is 0 Å². The van der Waals surface area contributed by atoms with Gasteiger partial charge in [0.1, 0.15) is 6.54 Å². The Morgan fingerprint density at radius 1 is 1.06 bits per heavy atom. The number of nitrogens with one attached hydrogen (secondary N) is 1. The molecule has 0 aliphatic carbocycles. The van der Waals surface area contributed by atoms with Crippen molar-refractivity contribution in [1.29, 1.82) is 0 Å². The molecule has 1 heterocycles. The van der Waals surface area contributed by atoms with Crippen molar-refractivity contribution in [3.05, 3.63) is 80.0 Å². The van der Waals surface area contributed by atoms with Crippen LogP contribution in [0.4, 0.5) is 5.69 Å². The van der Waals surface area contributed by atoms with Crippen LogP contribution in [0.15, 0.2) is 47.6 Å². The Morgan fingerprint density at radius 3 is 2.38 bits per heavy atom. The maximum absolute atomic E-state index is 12.5. The van der Waals surface area contributed by atoms with Crippen LogP contribution in [0.5, 0.6) is 0 Å². The predicted octanol–water partition coefficient (Wildman–Crippen LogP) is 5.28. The number of carbonyl (C=O) groups excluding carboxylic acids is 1. The Hall–Kier alpha value is -2.52. The molecule has 3 aromatic rings. The number of benzene rings is 2. The molecule has 3 rings (SSSR count). The highest BCUT2D eigenvalue weighted by atomic mass is 35.5. The highest BCUT2D eigenvalue weighted by Crippen LogP contribution is 2.28. The number of rotatable bonds is 7. The lowest BCUT2D eigenvalue weighted by molar-refractivity contribution is -0.119. The third-order valence-corrected chi connectivity index (χ3v) is 7.24. The molecule has 2 aromatic carbocycles. The summed E-state index contributed by atoms with van der Waals surface area (Å²) in [7, 11) is -3.72. The molecule has 1 amide bonds. The van der Waals surface area contributed by atoms with E-state index in [4.69, 9.17) is 34.8 Å². The molecule has 0 atom stereocenters. The van der Waals surface area contributed by atoms with Crippen LogP contribution in [0.1, 0.15) is 22.5 Å². The number of hydrazone groups is 1. The molecule has 34 heavy (non-hydrogen) atoms. The summed E-state index contributed by atoms with van der Waals surface area (Å²) in [6.07, 6.45) is 2.54. The number of hydrogen-bond acceptors (Lipinski definition) is 4. The average Bonchev–Trinajstić information content (AvgIpc) is 3.01. The van der Waals surface area contributed by atoms with E-state index in [1.807, 2.05) is 30.5 Å². The normalized spacial score (nSPS) is 11.7. The van der Waals surface area contributed by atoms with Gasteiger partial charge in [-0.25, -0.2) is 13.8 Å². The van der Waals surface area contributed by atoms with E-state index in [9.17, 15) is 13.2 Å². The number of hydrogen-bond donors (Lipinski definition) is 1. The van der Waals surface area contributed by atoms with Crippen LogP contribution in [0.25, 0.3) is 5.69 Å². The lowest BCUT2D eigenvalue weighted by atomic mass is 10.2. The van der Waals surface area contributed by atoms with Gasteiger partial charge in [-0.05, 0) is 68.8 Å². The van der Waals surface area contributed by atoms with Gasteiger partial charge in [0.2, 0.25) is 10.0 Å². The number of aromatic nitrogens is 1. The fourth-order valence-corrected chi connectivity index (χ4v) is 4.99. The Bertz CT molecular complexity index is 1380. The predicted molar refractivity (Wildman–Crippen MR) is 139 cm³/mol. The minimum absolute atomic E-state index is 0.371. The molecule has 11 heteroatoms. The smallest absolute Gasteiger partial charge is 0.260 e. The van der Waals surface area contributed by atoms with Gasteiger partial charge in [0, 0.05) is 27.7 Å². The van der Waals surface area contributed by atoms with Crippen LogP contribution in [0.3, 0.4) is 0 Å². The molecule has 0 saturated heterocycles. The van der Waals surface area contributed by atoms with Crippen LogP contribution in [-0.2, 0) is 14.8 Å². The van der Waals surface area contributed by atoms with Crippen LogP contribution in [0.2, 0.25) is 15.1 Å². The van der Waals surface area contributed by atoms with Crippen LogP contribution in [-0.4, -0.2) is 37.9 Å². The molecule has 0 aliphatic heterocycles. The van der Waals surface area contributed by atoms with Gasteiger partial charge < -0.3 is 4.57 Å². The summed E-state index contributed by atoms with van der Waals surface area (Å²) in [6, 6.07) is 12.0. The molecular formula is C23H23Cl3N4O3S. The first kappa shape index (κ1) is 26.1. The average molecular weight is 542 g/mol. The van der Waals surface area contributed by atoms with Gasteiger partial charge in [-0.1, -0.05) is 34.8 Å². The summed E-state index contributed by atoms with van der Waals surface area (Å²) in [5, 5.41) is 5.41. The molecule has 7 nitrogen and oxygen atoms in total. The quantitative estimate of drug-likeness (QED) is 0.326.